The summed E-state index contributed by atoms with van der Waals surface area (Å²) in [6.45, 7) is 0. The van der Waals surface area contributed by atoms with Crippen LogP contribution in [-0.2, 0) is 4.79 Å². The van der Waals surface area contributed by atoms with Gasteiger partial charge in [0, 0.05) is 25.5 Å². The van der Waals surface area contributed by atoms with Crippen LogP contribution in [0.15, 0.2) is 36.8 Å². The third kappa shape index (κ3) is 6.89. The zero-order valence-corrected chi connectivity index (χ0v) is 21.4. The number of hydrogen-bond acceptors (Lipinski definition) is 6. The molecule has 40 heavy (non-hydrogen) atoms. The quantitative estimate of drug-likeness (QED) is 0.363. The Balaban J connectivity index is 1.39. The van der Waals surface area contributed by atoms with E-state index in [0.717, 1.165) is 12.8 Å². The van der Waals surface area contributed by atoms with E-state index in [1.807, 2.05) is 0 Å². The number of carbonyl (C=O) groups is 2. The average Bonchev–Trinajstić information content (AvgIpc) is 3.67. The van der Waals surface area contributed by atoms with Crippen molar-refractivity contribution in [3.8, 4) is 0 Å². The summed E-state index contributed by atoms with van der Waals surface area (Å²) in [5.74, 6) is -4.20. The molecule has 5 rings (SSSR count). The van der Waals surface area contributed by atoms with Crippen molar-refractivity contribution in [2.45, 2.75) is 75.5 Å². The van der Waals surface area contributed by atoms with Gasteiger partial charge in [-0.3, -0.25) is 9.59 Å². The van der Waals surface area contributed by atoms with Crippen molar-refractivity contribution < 1.29 is 31.5 Å². The van der Waals surface area contributed by atoms with Crippen LogP contribution in [0, 0.1) is 11.8 Å². The molecule has 0 radical (unpaired) electrons. The van der Waals surface area contributed by atoms with Crippen LogP contribution in [0.25, 0.3) is 5.65 Å². The standard InChI is InChI=1S/C26H28F5N7O2/c27-25(28)8-5-16(6-9-25)23(36-24(40)18-2-1-11-32-37-18)19-14-38-20(34-19)12-17(13-33-38)22(15-3-4-15)35-21(39)7-10-26(29,30)31/h1-2,11-16,22-23H,3-10H2,(H,35,39)(H,36,40)/t22?,23-/m0/s1. The maximum absolute atomic E-state index is 13.9. The number of imidazole rings is 1. The van der Waals surface area contributed by atoms with Crippen molar-refractivity contribution in [2.75, 3.05) is 0 Å². The molecule has 2 N–H and O–H groups in total. The van der Waals surface area contributed by atoms with Crippen LogP contribution >= 0.6 is 0 Å². The lowest BCUT2D eigenvalue weighted by Crippen LogP contribution is -2.37. The average molecular weight is 566 g/mol. The molecular weight excluding hydrogens is 537 g/mol. The number of halogens is 5. The van der Waals surface area contributed by atoms with E-state index < -0.39 is 48.8 Å². The monoisotopic (exact) mass is 565 g/mol. The maximum Gasteiger partial charge on any atom is 0.389 e. The smallest absolute Gasteiger partial charge is 0.349 e. The number of aromatic nitrogens is 5. The molecule has 1 unspecified atom stereocenters. The molecule has 9 nitrogen and oxygen atoms in total. The first-order valence-corrected chi connectivity index (χ1v) is 13.2. The van der Waals surface area contributed by atoms with Crippen LogP contribution in [0.3, 0.4) is 0 Å². The molecule has 0 bridgehead atoms. The third-order valence-corrected chi connectivity index (χ3v) is 7.41. The van der Waals surface area contributed by atoms with Crippen molar-refractivity contribution in [1.82, 2.24) is 35.4 Å². The van der Waals surface area contributed by atoms with Crippen molar-refractivity contribution in [3.05, 3.63) is 53.7 Å². The number of rotatable bonds is 9. The highest BCUT2D eigenvalue weighted by Gasteiger charge is 2.40. The molecule has 2 fully saturated rings. The molecule has 2 amide bonds. The SMILES string of the molecule is O=C(CCC(F)(F)F)NC(c1cnn2cc([C@@H](NC(=O)c3cccnn3)C3CCC(F)(F)CC3)nc2c1)C1CC1. The molecule has 14 heteroatoms. The molecule has 0 aromatic carbocycles. The van der Waals surface area contributed by atoms with Gasteiger partial charge in [-0.25, -0.2) is 18.3 Å². The maximum atomic E-state index is 13.9. The normalized spacial score (nSPS) is 19.2. The van der Waals surface area contributed by atoms with Crippen LogP contribution in [0.1, 0.15) is 85.2 Å². The number of amides is 2. The van der Waals surface area contributed by atoms with E-state index in [-0.39, 0.29) is 43.2 Å². The molecule has 214 valence electrons. The van der Waals surface area contributed by atoms with Gasteiger partial charge in [-0.2, -0.15) is 23.4 Å². The minimum atomic E-state index is -4.42. The summed E-state index contributed by atoms with van der Waals surface area (Å²) in [5.41, 5.74) is 1.49. The zero-order chi connectivity index (χ0) is 28.5. The van der Waals surface area contributed by atoms with Gasteiger partial charge < -0.3 is 10.6 Å². The largest absolute Gasteiger partial charge is 0.389 e. The molecule has 0 saturated heterocycles. The Bertz CT molecular complexity index is 1350. The van der Waals surface area contributed by atoms with Crippen LogP contribution in [-0.4, -0.2) is 48.7 Å². The van der Waals surface area contributed by atoms with E-state index in [0.29, 0.717) is 16.9 Å². The van der Waals surface area contributed by atoms with Gasteiger partial charge in [0.25, 0.3) is 5.91 Å². The van der Waals surface area contributed by atoms with Crippen molar-refractivity contribution >= 4 is 17.5 Å². The Morgan fingerprint density at radius 3 is 2.45 bits per heavy atom. The summed E-state index contributed by atoms with van der Waals surface area (Å²) in [6.07, 6.45) is -0.336. The molecule has 3 heterocycles. The lowest BCUT2D eigenvalue weighted by atomic mass is 9.81. The summed E-state index contributed by atoms with van der Waals surface area (Å²) in [7, 11) is 0. The third-order valence-electron chi connectivity index (χ3n) is 7.41. The first-order valence-electron chi connectivity index (χ1n) is 13.2. The lowest BCUT2D eigenvalue weighted by Gasteiger charge is -2.33. The Kier molecular flexibility index (Phi) is 7.69. The van der Waals surface area contributed by atoms with Gasteiger partial charge in [0.1, 0.15) is 0 Å². The van der Waals surface area contributed by atoms with E-state index in [1.54, 1.807) is 18.3 Å². The second-order valence-electron chi connectivity index (χ2n) is 10.5. The van der Waals surface area contributed by atoms with E-state index in [1.165, 1.54) is 23.0 Å². The van der Waals surface area contributed by atoms with E-state index in [2.05, 4.69) is 30.9 Å². The molecule has 3 aromatic rings. The van der Waals surface area contributed by atoms with Crippen LogP contribution < -0.4 is 10.6 Å². The Labute approximate surface area is 226 Å². The van der Waals surface area contributed by atoms with Gasteiger partial charge in [0.05, 0.1) is 36.6 Å². The summed E-state index contributed by atoms with van der Waals surface area (Å²) in [5, 5.41) is 17.5. The van der Waals surface area contributed by atoms with E-state index in [4.69, 9.17) is 0 Å². The first kappa shape index (κ1) is 27.8. The van der Waals surface area contributed by atoms with Crippen LogP contribution in [0.5, 0.6) is 0 Å². The fourth-order valence-corrected chi connectivity index (χ4v) is 5.10. The lowest BCUT2D eigenvalue weighted by molar-refractivity contribution is -0.144. The summed E-state index contributed by atoms with van der Waals surface area (Å²) < 4.78 is 67.0. The van der Waals surface area contributed by atoms with Gasteiger partial charge in [0.2, 0.25) is 11.8 Å². The second kappa shape index (κ2) is 11.0. The van der Waals surface area contributed by atoms with Gasteiger partial charge in [0.15, 0.2) is 11.3 Å². The highest BCUT2D eigenvalue weighted by Crippen LogP contribution is 2.43. The minimum absolute atomic E-state index is 0.0753. The van der Waals surface area contributed by atoms with E-state index >= 15 is 0 Å². The number of fused-ring (bicyclic) bond motifs is 1. The molecule has 3 aromatic heterocycles. The first-order chi connectivity index (χ1) is 19.0. The topological polar surface area (TPSA) is 114 Å². The summed E-state index contributed by atoms with van der Waals surface area (Å²) >= 11 is 0. The predicted molar refractivity (Wildman–Crippen MR) is 131 cm³/mol. The Morgan fingerprint density at radius 2 is 1.80 bits per heavy atom. The predicted octanol–water partition coefficient (Wildman–Crippen LogP) is 4.73. The molecule has 2 aliphatic carbocycles. The van der Waals surface area contributed by atoms with E-state index in [9.17, 15) is 31.5 Å². The number of hydrogen-bond donors (Lipinski definition) is 2. The number of alkyl halides is 5. The fourth-order valence-electron chi connectivity index (χ4n) is 5.10. The number of nitrogens with one attached hydrogen (secondary N) is 2. The van der Waals surface area contributed by atoms with Gasteiger partial charge in [-0.15, -0.1) is 5.10 Å². The van der Waals surface area contributed by atoms with Crippen molar-refractivity contribution in [2.24, 2.45) is 11.8 Å². The minimum Gasteiger partial charge on any atom is -0.349 e. The second-order valence-corrected chi connectivity index (χ2v) is 10.5. The van der Waals surface area contributed by atoms with Crippen molar-refractivity contribution in [3.63, 3.8) is 0 Å². The summed E-state index contributed by atoms with van der Waals surface area (Å²) in [4.78, 5) is 29.8. The van der Waals surface area contributed by atoms with Crippen LogP contribution in [0.4, 0.5) is 22.0 Å². The van der Waals surface area contributed by atoms with Crippen molar-refractivity contribution in [1.29, 1.82) is 0 Å². The molecule has 2 aliphatic rings. The number of carbonyl (C=O) groups excluding carboxylic acids is 2. The summed E-state index contributed by atoms with van der Waals surface area (Å²) in [6, 6.07) is 3.54. The number of nitrogens with zero attached hydrogens (tertiary/aromatic N) is 5. The van der Waals surface area contributed by atoms with Gasteiger partial charge in [-0.1, -0.05) is 0 Å². The molecule has 0 spiro atoms. The highest BCUT2D eigenvalue weighted by molar-refractivity contribution is 5.92. The van der Waals surface area contributed by atoms with Gasteiger partial charge in [-0.05, 0) is 61.3 Å². The zero-order valence-electron chi connectivity index (χ0n) is 21.4. The molecule has 0 aliphatic heterocycles. The fraction of sp³-hybridized carbons (Fsp3) is 0.538. The van der Waals surface area contributed by atoms with Crippen LogP contribution in [0.2, 0.25) is 0 Å². The van der Waals surface area contributed by atoms with Gasteiger partial charge >= 0.3 is 6.18 Å². The highest BCUT2D eigenvalue weighted by atomic mass is 19.4. The molecule has 2 saturated carbocycles. The Morgan fingerprint density at radius 1 is 1.07 bits per heavy atom. The Hall–Kier alpha value is -3.71. The molecule has 2 atom stereocenters. The molecular formula is C26H28F5N7O2.